The second-order valence-corrected chi connectivity index (χ2v) is 11.7. The molecule has 3 N–H and O–H groups in total. The van der Waals surface area contributed by atoms with E-state index in [1.807, 2.05) is 0 Å². The predicted octanol–water partition coefficient (Wildman–Crippen LogP) is 4.64. The number of alkyl halides is 3. The lowest BCUT2D eigenvalue weighted by molar-refractivity contribution is -0.138. The van der Waals surface area contributed by atoms with Gasteiger partial charge in [0.1, 0.15) is 5.82 Å². The smallest absolute Gasteiger partial charge is 0.395 e. The van der Waals surface area contributed by atoms with E-state index in [0.717, 1.165) is 12.1 Å². The van der Waals surface area contributed by atoms with Crippen LogP contribution < -0.4 is 5.32 Å². The number of hydrogen-bond acceptors (Lipinski definition) is 5. The molecule has 0 aliphatic carbocycles. The van der Waals surface area contributed by atoms with Crippen LogP contribution in [0.25, 0.3) is 10.9 Å². The first-order valence-corrected chi connectivity index (χ1v) is 14.4. The minimum atomic E-state index is -4.76. The van der Waals surface area contributed by atoms with E-state index >= 15 is 0 Å². The number of aliphatic hydroxyl groups excluding tert-OH is 2. The lowest BCUT2D eigenvalue weighted by atomic mass is 10.0. The maximum atomic E-state index is 13.6. The van der Waals surface area contributed by atoms with Crippen molar-refractivity contribution in [2.45, 2.75) is 37.0 Å². The largest absolute Gasteiger partial charge is 0.416 e. The summed E-state index contributed by atoms with van der Waals surface area (Å²) in [4.78, 5) is 13.2. The summed E-state index contributed by atoms with van der Waals surface area (Å²) >= 11 is 0. The van der Waals surface area contributed by atoms with E-state index in [1.54, 1.807) is 22.8 Å². The number of carbonyl (C=O) groups excluding carboxylic acids is 1. The molecule has 0 saturated heterocycles. The summed E-state index contributed by atoms with van der Waals surface area (Å²) in [7, 11) is -3.41. The Labute approximate surface area is 234 Å². The van der Waals surface area contributed by atoms with Crippen molar-refractivity contribution in [2.75, 3.05) is 19.0 Å². The van der Waals surface area contributed by atoms with E-state index in [-0.39, 0.29) is 41.3 Å². The first-order valence-electron chi connectivity index (χ1n) is 12.7. The molecule has 1 amide bonds. The lowest BCUT2D eigenvalue weighted by Crippen LogP contribution is -2.30. The minimum Gasteiger partial charge on any atom is -0.395 e. The Morgan fingerprint density at radius 2 is 1.71 bits per heavy atom. The molecule has 0 aliphatic heterocycles. The number of nitrogens with zero attached hydrogens (tertiary/aromatic N) is 1. The van der Waals surface area contributed by atoms with Crippen molar-refractivity contribution >= 4 is 26.6 Å². The number of rotatable bonds is 10. The Hall–Kier alpha value is -3.74. The van der Waals surface area contributed by atoms with Crippen LogP contribution in [0, 0.1) is 5.82 Å². The third-order valence-electron chi connectivity index (χ3n) is 6.83. The van der Waals surface area contributed by atoms with Crippen molar-refractivity contribution in [2.24, 2.45) is 0 Å². The number of amides is 1. The molecule has 1 unspecified atom stereocenters. The van der Waals surface area contributed by atoms with Crippen LogP contribution in [-0.2, 0) is 29.0 Å². The van der Waals surface area contributed by atoms with Crippen molar-refractivity contribution in [3.63, 3.8) is 0 Å². The molecule has 0 saturated carbocycles. The third kappa shape index (κ3) is 6.61. The minimum absolute atomic E-state index is 0.0654. The van der Waals surface area contributed by atoms with Gasteiger partial charge in [0.05, 0.1) is 35.5 Å². The predicted molar refractivity (Wildman–Crippen MR) is 145 cm³/mol. The number of fused-ring (bicyclic) bond motifs is 1. The van der Waals surface area contributed by atoms with Gasteiger partial charge in [-0.2, -0.15) is 13.2 Å². The monoisotopic (exact) mass is 592 g/mol. The zero-order valence-corrected chi connectivity index (χ0v) is 22.8. The van der Waals surface area contributed by atoms with Crippen LogP contribution >= 0.6 is 0 Å². The summed E-state index contributed by atoms with van der Waals surface area (Å²) in [6.07, 6.45) is -4.95. The molecular formula is C29H28F4N2O5S. The standard InChI is InChI=1S/C29H28F4N2O5S/c1-2-41(39,40)24-8-4-18(5-9-24)26(17-37)34-28(38)20-6-10-27-21(13-20)15-23(35(27)11-12-36)14-19-3-7-22(30)16-25(19)29(31,32)33/h3-10,13,15-16,26,36-37H,2,11-12,14,17H2,1H3,(H,34,38). The van der Waals surface area contributed by atoms with E-state index in [9.17, 15) is 41.0 Å². The summed E-state index contributed by atoms with van der Waals surface area (Å²) in [5.41, 5.74) is 0.489. The molecule has 41 heavy (non-hydrogen) atoms. The fourth-order valence-electron chi connectivity index (χ4n) is 4.69. The van der Waals surface area contributed by atoms with Crippen molar-refractivity contribution in [1.82, 2.24) is 9.88 Å². The summed E-state index contributed by atoms with van der Waals surface area (Å²) in [5, 5.41) is 22.7. The van der Waals surface area contributed by atoms with Crippen LogP contribution in [-0.4, -0.2) is 48.1 Å². The van der Waals surface area contributed by atoms with Gasteiger partial charge in [0, 0.05) is 35.1 Å². The lowest BCUT2D eigenvalue weighted by Gasteiger charge is -2.17. The number of aliphatic hydroxyl groups is 2. The molecule has 0 aliphatic rings. The molecule has 12 heteroatoms. The van der Waals surface area contributed by atoms with Crippen molar-refractivity contribution < 1.29 is 41.0 Å². The average Bonchev–Trinajstić information content (AvgIpc) is 3.28. The molecule has 1 atom stereocenters. The SMILES string of the molecule is CCS(=O)(=O)c1ccc(C(CO)NC(=O)c2ccc3c(c2)cc(Cc2ccc(F)cc2C(F)(F)F)n3CCO)cc1. The topological polar surface area (TPSA) is 109 Å². The van der Waals surface area contributed by atoms with E-state index in [1.165, 1.54) is 37.3 Å². The zero-order chi connectivity index (χ0) is 29.9. The quantitative estimate of drug-likeness (QED) is 0.233. The highest BCUT2D eigenvalue weighted by atomic mass is 32.2. The number of hydrogen-bond donors (Lipinski definition) is 3. The molecule has 3 aromatic carbocycles. The summed E-state index contributed by atoms with van der Waals surface area (Å²) in [5.74, 6) is -1.61. The van der Waals surface area contributed by atoms with Gasteiger partial charge in [0.25, 0.3) is 5.91 Å². The van der Waals surface area contributed by atoms with Gasteiger partial charge >= 0.3 is 6.18 Å². The van der Waals surface area contributed by atoms with Crippen LogP contribution in [0.5, 0.6) is 0 Å². The van der Waals surface area contributed by atoms with E-state index in [0.29, 0.717) is 28.2 Å². The van der Waals surface area contributed by atoms with E-state index < -0.39 is 46.0 Å². The number of nitrogens with one attached hydrogen (secondary N) is 1. The summed E-state index contributed by atoms with van der Waals surface area (Å²) in [6.45, 7) is 0.874. The van der Waals surface area contributed by atoms with Gasteiger partial charge in [0.15, 0.2) is 9.84 Å². The molecule has 4 aromatic rings. The average molecular weight is 593 g/mol. The molecule has 218 valence electrons. The van der Waals surface area contributed by atoms with Crippen molar-refractivity contribution in [3.05, 3.63) is 100 Å². The summed E-state index contributed by atoms with van der Waals surface area (Å²) < 4.78 is 80.1. The maximum absolute atomic E-state index is 13.6. The molecule has 4 rings (SSSR count). The maximum Gasteiger partial charge on any atom is 0.416 e. The van der Waals surface area contributed by atoms with Gasteiger partial charge in [-0.05, 0) is 59.7 Å². The zero-order valence-electron chi connectivity index (χ0n) is 22.0. The number of sulfone groups is 1. The normalized spacial score (nSPS) is 13.0. The van der Waals surface area contributed by atoms with Crippen LogP contribution in [0.4, 0.5) is 17.6 Å². The van der Waals surface area contributed by atoms with Gasteiger partial charge in [-0.25, -0.2) is 12.8 Å². The third-order valence-corrected chi connectivity index (χ3v) is 8.58. The van der Waals surface area contributed by atoms with Crippen LogP contribution in [0.15, 0.2) is 71.6 Å². The second-order valence-electron chi connectivity index (χ2n) is 9.44. The first kappa shape index (κ1) is 30.2. The fourth-order valence-corrected chi connectivity index (χ4v) is 5.58. The summed E-state index contributed by atoms with van der Waals surface area (Å²) in [6, 6.07) is 13.8. The highest BCUT2D eigenvalue weighted by Crippen LogP contribution is 2.34. The molecule has 0 radical (unpaired) electrons. The molecule has 0 bridgehead atoms. The van der Waals surface area contributed by atoms with Crippen molar-refractivity contribution in [1.29, 1.82) is 0 Å². The number of aromatic nitrogens is 1. The van der Waals surface area contributed by atoms with E-state index in [4.69, 9.17) is 0 Å². The number of halogens is 4. The van der Waals surface area contributed by atoms with Gasteiger partial charge in [-0.3, -0.25) is 4.79 Å². The number of carbonyl (C=O) groups is 1. The molecular weight excluding hydrogens is 564 g/mol. The first-order chi connectivity index (χ1) is 19.4. The Morgan fingerprint density at radius 1 is 1.00 bits per heavy atom. The Morgan fingerprint density at radius 3 is 2.32 bits per heavy atom. The van der Waals surface area contributed by atoms with Gasteiger partial charge in [-0.15, -0.1) is 0 Å². The molecule has 0 fully saturated rings. The molecule has 0 spiro atoms. The Balaban J connectivity index is 1.62. The van der Waals surface area contributed by atoms with Crippen LogP contribution in [0.1, 0.15) is 45.7 Å². The fraction of sp³-hybridized carbons (Fsp3) is 0.276. The Bertz CT molecular complexity index is 1670. The van der Waals surface area contributed by atoms with Gasteiger partial charge in [0.2, 0.25) is 0 Å². The molecule has 1 aromatic heterocycles. The number of benzene rings is 3. The van der Waals surface area contributed by atoms with Crippen molar-refractivity contribution in [3.8, 4) is 0 Å². The molecule has 7 nitrogen and oxygen atoms in total. The van der Waals surface area contributed by atoms with Crippen LogP contribution in [0.2, 0.25) is 0 Å². The van der Waals surface area contributed by atoms with E-state index in [2.05, 4.69) is 5.32 Å². The van der Waals surface area contributed by atoms with Crippen LogP contribution in [0.3, 0.4) is 0 Å². The highest BCUT2D eigenvalue weighted by Gasteiger charge is 2.34. The highest BCUT2D eigenvalue weighted by molar-refractivity contribution is 7.91. The Kier molecular flexibility index (Phi) is 8.86. The van der Waals surface area contributed by atoms with Gasteiger partial charge in [-0.1, -0.05) is 25.1 Å². The second kappa shape index (κ2) is 12.0. The molecule has 1 heterocycles. The van der Waals surface area contributed by atoms with Gasteiger partial charge < -0.3 is 20.1 Å².